The molecule has 3 rings (SSSR count). The lowest BCUT2D eigenvalue weighted by Gasteiger charge is -2.23. The van der Waals surface area contributed by atoms with Crippen molar-refractivity contribution in [3.05, 3.63) is 82.3 Å². The van der Waals surface area contributed by atoms with E-state index in [1.807, 2.05) is 29.6 Å². The standard InChI is InChI=1S/C19H16FNO2S/c1-23-15-7-4-6-14(12-15)21(13-16-8-5-11-24-16)19(22)17-9-2-3-10-18(17)20/h2-12H,13H2,1H3. The largest absolute Gasteiger partial charge is 0.497 e. The van der Waals surface area contributed by atoms with Crippen LogP contribution in [0.1, 0.15) is 15.2 Å². The normalized spacial score (nSPS) is 10.4. The van der Waals surface area contributed by atoms with Gasteiger partial charge in [0.2, 0.25) is 0 Å². The number of amides is 1. The van der Waals surface area contributed by atoms with Gasteiger partial charge in [0.15, 0.2) is 0 Å². The van der Waals surface area contributed by atoms with Gasteiger partial charge in [0.25, 0.3) is 5.91 Å². The third kappa shape index (κ3) is 3.46. The number of hydrogen-bond acceptors (Lipinski definition) is 3. The van der Waals surface area contributed by atoms with E-state index in [0.29, 0.717) is 18.0 Å². The molecule has 3 nitrogen and oxygen atoms in total. The number of rotatable bonds is 5. The van der Waals surface area contributed by atoms with Crippen LogP contribution in [0.15, 0.2) is 66.0 Å². The maximum atomic E-state index is 14.1. The Morgan fingerprint density at radius 2 is 1.96 bits per heavy atom. The molecule has 24 heavy (non-hydrogen) atoms. The third-order valence-corrected chi connectivity index (χ3v) is 4.47. The Kier molecular flexibility index (Phi) is 4.91. The number of carbonyl (C=O) groups excluding carboxylic acids is 1. The predicted octanol–water partition coefficient (Wildman–Crippen LogP) is 4.74. The van der Waals surface area contributed by atoms with Crippen molar-refractivity contribution >= 4 is 22.9 Å². The van der Waals surface area contributed by atoms with Crippen LogP contribution in [0.25, 0.3) is 0 Å². The Bertz CT molecular complexity index is 833. The molecule has 3 aromatic rings. The van der Waals surface area contributed by atoms with Gasteiger partial charge in [-0.05, 0) is 35.7 Å². The number of hydrogen-bond donors (Lipinski definition) is 0. The van der Waals surface area contributed by atoms with Crippen molar-refractivity contribution in [3.63, 3.8) is 0 Å². The molecule has 0 aliphatic rings. The number of thiophene rings is 1. The van der Waals surface area contributed by atoms with Crippen LogP contribution < -0.4 is 9.64 Å². The summed E-state index contributed by atoms with van der Waals surface area (Å²) in [6.07, 6.45) is 0. The zero-order valence-electron chi connectivity index (χ0n) is 13.1. The second-order valence-corrected chi connectivity index (χ2v) is 6.18. The fourth-order valence-electron chi connectivity index (χ4n) is 2.40. The monoisotopic (exact) mass is 341 g/mol. The van der Waals surface area contributed by atoms with Gasteiger partial charge in [-0.25, -0.2) is 4.39 Å². The van der Waals surface area contributed by atoms with Gasteiger partial charge in [-0.2, -0.15) is 0 Å². The highest BCUT2D eigenvalue weighted by molar-refractivity contribution is 7.09. The summed E-state index contributed by atoms with van der Waals surface area (Å²) in [6, 6.07) is 17.1. The van der Waals surface area contributed by atoms with Gasteiger partial charge in [0.05, 0.1) is 19.2 Å². The molecule has 0 aliphatic carbocycles. The van der Waals surface area contributed by atoms with E-state index in [9.17, 15) is 9.18 Å². The molecule has 0 spiro atoms. The fraction of sp³-hybridized carbons (Fsp3) is 0.105. The quantitative estimate of drug-likeness (QED) is 0.671. The number of anilines is 1. The summed E-state index contributed by atoms with van der Waals surface area (Å²) in [5.74, 6) is -0.263. The highest BCUT2D eigenvalue weighted by atomic mass is 32.1. The smallest absolute Gasteiger partial charge is 0.261 e. The highest BCUT2D eigenvalue weighted by Gasteiger charge is 2.21. The third-order valence-electron chi connectivity index (χ3n) is 3.61. The molecule has 0 unspecified atom stereocenters. The molecule has 1 amide bonds. The van der Waals surface area contributed by atoms with Gasteiger partial charge < -0.3 is 9.64 Å². The summed E-state index contributed by atoms with van der Waals surface area (Å²) in [7, 11) is 1.57. The Labute approximate surface area is 143 Å². The van der Waals surface area contributed by atoms with Gasteiger partial charge in [-0.15, -0.1) is 11.3 Å². The molecule has 0 bridgehead atoms. The van der Waals surface area contributed by atoms with Crippen LogP contribution in [0.2, 0.25) is 0 Å². The number of carbonyl (C=O) groups is 1. The molecule has 0 saturated heterocycles. The molecule has 2 aromatic carbocycles. The molecule has 0 saturated carbocycles. The van der Waals surface area contributed by atoms with Crippen molar-refractivity contribution in [3.8, 4) is 5.75 Å². The maximum Gasteiger partial charge on any atom is 0.261 e. The average molecular weight is 341 g/mol. The summed E-state index contributed by atoms with van der Waals surface area (Å²) in [5, 5.41) is 1.95. The van der Waals surface area contributed by atoms with Crippen molar-refractivity contribution in [2.75, 3.05) is 12.0 Å². The molecule has 5 heteroatoms. The first-order valence-corrected chi connectivity index (χ1v) is 8.30. The number of halogens is 1. The van der Waals surface area contributed by atoms with E-state index in [1.165, 1.54) is 12.1 Å². The Balaban J connectivity index is 2.01. The average Bonchev–Trinajstić information content (AvgIpc) is 3.13. The van der Waals surface area contributed by atoms with E-state index in [2.05, 4.69) is 0 Å². The molecule has 0 radical (unpaired) electrons. The number of ether oxygens (including phenoxy) is 1. The molecule has 0 N–H and O–H groups in total. The van der Waals surface area contributed by atoms with Crippen molar-refractivity contribution in [2.24, 2.45) is 0 Å². The zero-order chi connectivity index (χ0) is 16.9. The second-order valence-electron chi connectivity index (χ2n) is 5.15. The summed E-state index contributed by atoms with van der Waals surface area (Å²) < 4.78 is 19.3. The first-order valence-electron chi connectivity index (χ1n) is 7.42. The number of nitrogens with zero attached hydrogens (tertiary/aromatic N) is 1. The van der Waals surface area contributed by atoms with E-state index in [0.717, 1.165) is 4.88 Å². The molecule has 1 heterocycles. The van der Waals surface area contributed by atoms with Gasteiger partial charge >= 0.3 is 0 Å². The Hall–Kier alpha value is -2.66. The summed E-state index contributed by atoms with van der Waals surface area (Å²) in [6.45, 7) is 0.373. The minimum Gasteiger partial charge on any atom is -0.497 e. The molecule has 0 fully saturated rings. The van der Waals surface area contributed by atoms with Crippen LogP contribution in [0.5, 0.6) is 5.75 Å². The van der Waals surface area contributed by atoms with Crippen molar-refractivity contribution in [1.29, 1.82) is 0 Å². The van der Waals surface area contributed by atoms with Gasteiger partial charge in [0.1, 0.15) is 11.6 Å². The van der Waals surface area contributed by atoms with E-state index >= 15 is 0 Å². The Morgan fingerprint density at radius 3 is 2.67 bits per heavy atom. The molecule has 1 aromatic heterocycles. The zero-order valence-corrected chi connectivity index (χ0v) is 13.9. The van der Waals surface area contributed by atoms with E-state index in [4.69, 9.17) is 4.74 Å². The summed E-state index contributed by atoms with van der Waals surface area (Å²) >= 11 is 1.55. The molecular weight excluding hydrogens is 325 g/mol. The van der Waals surface area contributed by atoms with Crippen LogP contribution in [0.4, 0.5) is 10.1 Å². The Morgan fingerprint density at radius 1 is 1.12 bits per heavy atom. The minimum atomic E-state index is -0.526. The number of methoxy groups -OCH3 is 1. The van der Waals surface area contributed by atoms with Crippen molar-refractivity contribution < 1.29 is 13.9 Å². The predicted molar refractivity (Wildman–Crippen MR) is 94.2 cm³/mol. The number of benzene rings is 2. The lowest BCUT2D eigenvalue weighted by atomic mass is 10.1. The lowest BCUT2D eigenvalue weighted by Crippen LogP contribution is -2.30. The fourth-order valence-corrected chi connectivity index (χ4v) is 3.09. The van der Waals surface area contributed by atoms with Gasteiger partial charge in [-0.3, -0.25) is 4.79 Å². The first-order chi connectivity index (χ1) is 11.7. The van der Waals surface area contributed by atoms with Gasteiger partial charge in [0, 0.05) is 16.6 Å². The molecule has 122 valence electrons. The molecular formula is C19H16FNO2S. The topological polar surface area (TPSA) is 29.5 Å². The maximum absolute atomic E-state index is 14.1. The van der Waals surface area contributed by atoms with Crippen LogP contribution >= 0.6 is 11.3 Å². The van der Waals surface area contributed by atoms with E-state index < -0.39 is 5.82 Å². The van der Waals surface area contributed by atoms with Gasteiger partial charge in [-0.1, -0.05) is 24.3 Å². The lowest BCUT2D eigenvalue weighted by molar-refractivity contribution is 0.0981. The summed E-state index contributed by atoms with van der Waals surface area (Å²) in [4.78, 5) is 15.5. The van der Waals surface area contributed by atoms with Crippen LogP contribution in [-0.2, 0) is 6.54 Å². The molecule has 0 aliphatic heterocycles. The second kappa shape index (κ2) is 7.27. The van der Waals surface area contributed by atoms with Crippen molar-refractivity contribution in [2.45, 2.75) is 6.54 Å². The van der Waals surface area contributed by atoms with Crippen LogP contribution in [-0.4, -0.2) is 13.0 Å². The summed E-state index contributed by atoms with van der Waals surface area (Å²) in [5.41, 5.74) is 0.716. The van der Waals surface area contributed by atoms with Crippen LogP contribution in [0, 0.1) is 5.82 Å². The van der Waals surface area contributed by atoms with E-state index in [-0.39, 0.29) is 11.5 Å². The van der Waals surface area contributed by atoms with Crippen LogP contribution in [0.3, 0.4) is 0 Å². The van der Waals surface area contributed by atoms with E-state index in [1.54, 1.807) is 47.6 Å². The minimum absolute atomic E-state index is 0.0527. The highest BCUT2D eigenvalue weighted by Crippen LogP contribution is 2.26. The molecule has 0 atom stereocenters. The SMILES string of the molecule is COc1cccc(N(Cc2cccs2)C(=O)c2ccccc2F)c1. The first kappa shape index (κ1) is 16.2. The van der Waals surface area contributed by atoms with Crippen molar-refractivity contribution in [1.82, 2.24) is 0 Å².